The van der Waals surface area contributed by atoms with Crippen molar-refractivity contribution in [3.8, 4) is 0 Å². The zero-order chi connectivity index (χ0) is 19.7. The molecule has 0 atom stereocenters. The smallest absolute Gasteiger partial charge is 0.270 e. The first kappa shape index (κ1) is 18.4. The Labute approximate surface area is 169 Å². The van der Waals surface area contributed by atoms with E-state index in [4.69, 9.17) is 12.2 Å². The maximum atomic E-state index is 13.0. The van der Waals surface area contributed by atoms with E-state index < -0.39 is 11.8 Å². The van der Waals surface area contributed by atoms with Crippen LogP contribution in [0, 0.1) is 6.92 Å². The van der Waals surface area contributed by atoms with Crippen molar-refractivity contribution in [2.75, 3.05) is 22.9 Å². The van der Waals surface area contributed by atoms with Gasteiger partial charge >= 0.3 is 0 Å². The molecule has 5 nitrogen and oxygen atoms in total. The third-order valence-electron chi connectivity index (χ3n) is 5.04. The summed E-state index contributed by atoms with van der Waals surface area (Å²) < 4.78 is 0. The number of benzene rings is 2. The molecule has 1 N–H and O–H groups in total. The van der Waals surface area contributed by atoms with E-state index in [0.29, 0.717) is 5.69 Å². The van der Waals surface area contributed by atoms with Crippen LogP contribution in [0.5, 0.6) is 0 Å². The van der Waals surface area contributed by atoms with Crippen molar-refractivity contribution in [3.05, 3.63) is 65.2 Å². The lowest BCUT2D eigenvalue weighted by molar-refractivity contribution is -0.122. The van der Waals surface area contributed by atoms with Crippen molar-refractivity contribution in [2.45, 2.75) is 19.8 Å². The molecule has 0 aromatic heterocycles. The second kappa shape index (κ2) is 7.56. The number of anilines is 2. The predicted molar refractivity (Wildman–Crippen MR) is 115 cm³/mol. The van der Waals surface area contributed by atoms with Crippen LogP contribution in [0.3, 0.4) is 0 Å². The Balaban J connectivity index is 1.63. The molecule has 2 heterocycles. The Morgan fingerprint density at radius 3 is 2.39 bits per heavy atom. The molecule has 4 rings (SSSR count). The fourth-order valence-corrected chi connectivity index (χ4v) is 3.86. The second-order valence-electron chi connectivity index (χ2n) is 7.08. The highest BCUT2D eigenvalue weighted by Crippen LogP contribution is 2.24. The maximum Gasteiger partial charge on any atom is 0.270 e. The fourth-order valence-electron chi connectivity index (χ4n) is 3.58. The van der Waals surface area contributed by atoms with E-state index >= 15 is 0 Å². The normalized spacial score (nSPS) is 18.8. The molecule has 0 spiro atoms. The van der Waals surface area contributed by atoms with E-state index in [1.807, 2.05) is 49.4 Å². The lowest BCUT2D eigenvalue weighted by Gasteiger charge is -2.29. The molecule has 28 heavy (non-hydrogen) atoms. The van der Waals surface area contributed by atoms with Crippen molar-refractivity contribution >= 4 is 46.6 Å². The highest BCUT2D eigenvalue weighted by atomic mass is 32.1. The minimum Gasteiger partial charge on any atom is -0.372 e. The Hall–Kier alpha value is -2.99. The summed E-state index contributed by atoms with van der Waals surface area (Å²) in [5.74, 6) is -0.884. The number of nitrogens with zero attached hydrogens (tertiary/aromatic N) is 2. The minimum atomic E-state index is -0.470. The average molecular weight is 391 g/mol. The van der Waals surface area contributed by atoms with Crippen LogP contribution in [0.4, 0.5) is 11.4 Å². The van der Waals surface area contributed by atoms with Gasteiger partial charge in [-0.15, -0.1) is 0 Å². The molecule has 2 aliphatic heterocycles. The lowest BCUT2D eigenvalue weighted by Crippen LogP contribution is -2.54. The lowest BCUT2D eigenvalue weighted by atomic mass is 10.1. The van der Waals surface area contributed by atoms with E-state index in [-0.39, 0.29) is 10.7 Å². The number of rotatable bonds is 3. The molecule has 2 saturated heterocycles. The second-order valence-corrected chi connectivity index (χ2v) is 7.47. The van der Waals surface area contributed by atoms with Gasteiger partial charge in [0.1, 0.15) is 5.57 Å². The predicted octanol–water partition coefficient (Wildman–Crippen LogP) is 3.43. The summed E-state index contributed by atoms with van der Waals surface area (Å²) in [7, 11) is 0. The Kier molecular flexibility index (Phi) is 4.96. The van der Waals surface area contributed by atoms with Gasteiger partial charge < -0.3 is 4.90 Å². The quantitative estimate of drug-likeness (QED) is 0.495. The fraction of sp³-hybridized carbons (Fsp3) is 0.227. The number of amides is 2. The molecule has 0 bridgehead atoms. The molecular formula is C22H21N3O2S. The monoisotopic (exact) mass is 391 g/mol. The number of thiocarbonyl (C=S) groups is 1. The van der Waals surface area contributed by atoms with Crippen molar-refractivity contribution in [1.82, 2.24) is 5.32 Å². The first-order chi connectivity index (χ1) is 13.5. The van der Waals surface area contributed by atoms with Crippen molar-refractivity contribution in [2.24, 2.45) is 0 Å². The van der Waals surface area contributed by atoms with Gasteiger partial charge in [-0.05, 0) is 73.5 Å². The van der Waals surface area contributed by atoms with Gasteiger partial charge in [-0.25, -0.2) is 0 Å². The minimum absolute atomic E-state index is 0.0732. The summed E-state index contributed by atoms with van der Waals surface area (Å²) >= 11 is 5.24. The van der Waals surface area contributed by atoms with E-state index in [1.165, 1.54) is 23.4 Å². The molecule has 142 valence electrons. The zero-order valence-corrected chi connectivity index (χ0v) is 16.5. The van der Waals surface area contributed by atoms with Crippen molar-refractivity contribution in [1.29, 1.82) is 0 Å². The third-order valence-corrected chi connectivity index (χ3v) is 5.32. The molecule has 0 aliphatic carbocycles. The van der Waals surface area contributed by atoms with Crippen LogP contribution in [-0.4, -0.2) is 30.0 Å². The number of nitrogens with one attached hydrogen (secondary N) is 1. The topological polar surface area (TPSA) is 52.7 Å². The van der Waals surface area contributed by atoms with Gasteiger partial charge in [0.15, 0.2) is 5.11 Å². The molecule has 2 aromatic carbocycles. The molecule has 0 unspecified atom stereocenters. The van der Waals surface area contributed by atoms with Crippen LogP contribution in [0.1, 0.15) is 24.0 Å². The van der Waals surface area contributed by atoms with Gasteiger partial charge in [0, 0.05) is 18.8 Å². The Morgan fingerprint density at radius 1 is 1.00 bits per heavy atom. The number of carbonyl (C=O) groups excluding carboxylic acids is 2. The summed E-state index contributed by atoms with van der Waals surface area (Å²) in [6.45, 7) is 4.09. The number of aryl methyl sites for hydroxylation is 1. The summed E-state index contributed by atoms with van der Waals surface area (Å²) in [5, 5.41) is 2.72. The van der Waals surface area contributed by atoms with E-state index in [0.717, 1.165) is 24.2 Å². The van der Waals surface area contributed by atoms with Crippen LogP contribution in [0.25, 0.3) is 6.08 Å². The highest BCUT2D eigenvalue weighted by Gasteiger charge is 2.34. The summed E-state index contributed by atoms with van der Waals surface area (Å²) in [6.07, 6.45) is 4.06. The molecule has 2 aliphatic rings. The zero-order valence-electron chi connectivity index (χ0n) is 15.6. The van der Waals surface area contributed by atoms with Gasteiger partial charge in [-0.1, -0.05) is 24.3 Å². The van der Waals surface area contributed by atoms with Gasteiger partial charge in [0.25, 0.3) is 11.8 Å². The van der Waals surface area contributed by atoms with Gasteiger partial charge in [0.2, 0.25) is 0 Å². The summed E-state index contributed by atoms with van der Waals surface area (Å²) in [4.78, 5) is 29.2. The van der Waals surface area contributed by atoms with Gasteiger partial charge in [0.05, 0.1) is 5.69 Å². The SMILES string of the molecule is Cc1cccc(N2C(=O)/C(=C\c3ccc(N4CCCC4)cc3)C(=O)NC2=S)c1. The molecule has 0 radical (unpaired) electrons. The van der Waals surface area contributed by atoms with Gasteiger partial charge in [-0.3, -0.25) is 19.8 Å². The molecule has 6 heteroatoms. The van der Waals surface area contributed by atoms with E-state index in [9.17, 15) is 9.59 Å². The van der Waals surface area contributed by atoms with Crippen LogP contribution < -0.4 is 15.1 Å². The Bertz CT molecular complexity index is 976. The van der Waals surface area contributed by atoms with Crippen LogP contribution in [-0.2, 0) is 9.59 Å². The third kappa shape index (κ3) is 3.55. The molecule has 2 fully saturated rings. The van der Waals surface area contributed by atoms with Crippen LogP contribution >= 0.6 is 12.2 Å². The molecule has 0 saturated carbocycles. The van der Waals surface area contributed by atoms with Crippen molar-refractivity contribution in [3.63, 3.8) is 0 Å². The molecule has 2 aromatic rings. The molecular weight excluding hydrogens is 370 g/mol. The van der Waals surface area contributed by atoms with Crippen molar-refractivity contribution < 1.29 is 9.59 Å². The number of hydrogen-bond donors (Lipinski definition) is 1. The Morgan fingerprint density at radius 2 is 1.71 bits per heavy atom. The highest BCUT2D eigenvalue weighted by molar-refractivity contribution is 7.80. The first-order valence-electron chi connectivity index (χ1n) is 9.36. The van der Waals surface area contributed by atoms with E-state index in [2.05, 4.69) is 10.2 Å². The van der Waals surface area contributed by atoms with Gasteiger partial charge in [-0.2, -0.15) is 0 Å². The molecule has 2 amide bonds. The van der Waals surface area contributed by atoms with Crippen LogP contribution in [0.15, 0.2) is 54.1 Å². The summed E-state index contributed by atoms with van der Waals surface area (Å²) in [5.41, 5.74) is 3.70. The average Bonchev–Trinajstić information content (AvgIpc) is 3.20. The summed E-state index contributed by atoms with van der Waals surface area (Å²) in [6, 6.07) is 15.4. The number of hydrogen-bond acceptors (Lipinski definition) is 4. The van der Waals surface area contributed by atoms with E-state index in [1.54, 1.807) is 12.1 Å². The number of carbonyl (C=O) groups is 2. The first-order valence-corrected chi connectivity index (χ1v) is 9.77. The standard InChI is InChI=1S/C22H21N3O2S/c1-15-5-4-6-18(13-15)25-21(27)19(20(26)23-22(25)28)14-16-7-9-17(10-8-16)24-11-2-3-12-24/h4-10,13-14H,2-3,11-12H2,1H3,(H,23,26,28)/b19-14-. The maximum absolute atomic E-state index is 13.0. The largest absolute Gasteiger partial charge is 0.372 e. The van der Waals surface area contributed by atoms with Crippen LogP contribution in [0.2, 0.25) is 0 Å².